The summed E-state index contributed by atoms with van der Waals surface area (Å²) in [7, 11) is 3.55. The fourth-order valence-corrected chi connectivity index (χ4v) is 1.03. The van der Waals surface area contributed by atoms with Crippen molar-refractivity contribution < 1.29 is 9.26 Å². The van der Waals surface area contributed by atoms with E-state index in [0.29, 0.717) is 12.4 Å². The Morgan fingerprint density at radius 1 is 1.69 bits per heavy atom. The standard InChI is InChI=1S/C8H14N2O3/c1-10(4-3-5-12-2)7-6-8(11)13-9-7/h6,9H,3-5H2,1-2H3. The number of methoxy groups -OCH3 is 1. The molecule has 1 N–H and O–H groups in total. The van der Waals surface area contributed by atoms with Gasteiger partial charge in [-0.15, -0.1) is 0 Å². The monoisotopic (exact) mass is 186 g/mol. The van der Waals surface area contributed by atoms with E-state index in [1.807, 2.05) is 11.9 Å². The summed E-state index contributed by atoms with van der Waals surface area (Å²) in [6.07, 6.45) is 0.917. The Morgan fingerprint density at radius 3 is 3.00 bits per heavy atom. The highest BCUT2D eigenvalue weighted by molar-refractivity contribution is 5.33. The van der Waals surface area contributed by atoms with Gasteiger partial charge in [0.05, 0.1) is 6.07 Å². The van der Waals surface area contributed by atoms with Crippen LogP contribution in [0.5, 0.6) is 0 Å². The zero-order chi connectivity index (χ0) is 9.68. The summed E-state index contributed by atoms with van der Waals surface area (Å²) >= 11 is 0. The highest BCUT2D eigenvalue weighted by Crippen LogP contribution is 2.04. The molecule has 0 aliphatic carbocycles. The largest absolute Gasteiger partial charge is 0.385 e. The maximum Gasteiger partial charge on any atom is 0.359 e. The predicted octanol–water partition coefficient (Wildman–Crippen LogP) is 0.441. The van der Waals surface area contributed by atoms with Crippen LogP contribution in [0.3, 0.4) is 0 Å². The van der Waals surface area contributed by atoms with Gasteiger partial charge in [0.1, 0.15) is 5.82 Å². The fraction of sp³-hybridized carbons (Fsp3) is 0.625. The Bertz CT molecular complexity index is 292. The van der Waals surface area contributed by atoms with Crippen molar-refractivity contribution in [2.75, 3.05) is 32.2 Å². The second-order valence-corrected chi connectivity index (χ2v) is 2.82. The molecule has 0 bridgehead atoms. The normalized spacial score (nSPS) is 10.3. The van der Waals surface area contributed by atoms with Crippen LogP contribution in [-0.2, 0) is 4.74 Å². The number of H-pyrrole nitrogens is 1. The van der Waals surface area contributed by atoms with Crippen LogP contribution in [0.25, 0.3) is 0 Å². The van der Waals surface area contributed by atoms with Gasteiger partial charge in [-0.25, -0.2) is 9.95 Å². The molecule has 5 heteroatoms. The van der Waals surface area contributed by atoms with E-state index in [1.165, 1.54) is 6.07 Å². The molecule has 13 heavy (non-hydrogen) atoms. The van der Waals surface area contributed by atoms with Crippen LogP contribution in [0, 0.1) is 0 Å². The van der Waals surface area contributed by atoms with Crippen LogP contribution in [-0.4, -0.2) is 32.5 Å². The lowest BCUT2D eigenvalue weighted by molar-refractivity contribution is 0.196. The minimum atomic E-state index is -0.353. The first-order valence-corrected chi connectivity index (χ1v) is 4.12. The van der Waals surface area contributed by atoms with Gasteiger partial charge in [0, 0.05) is 27.3 Å². The van der Waals surface area contributed by atoms with Crippen LogP contribution in [0.4, 0.5) is 5.82 Å². The van der Waals surface area contributed by atoms with E-state index in [1.54, 1.807) is 7.11 Å². The summed E-state index contributed by atoms with van der Waals surface area (Å²) in [4.78, 5) is 12.6. The van der Waals surface area contributed by atoms with E-state index in [2.05, 4.69) is 9.68 Å². The number of nitrogens with one attached hydrogen (secondary N) is 1. The van der Waals surface area contributed by atoms with Crippen molar-refractivity contribution in [2.24, 2.45) is 0 Å². The SMILES string of the molecule is COCCCN(C)c1cc(=O)o[nH]1. The second-order valence-electron chi connectivity index (χ2n) is 2.82. The predicted molar refractivity (Wildman–Crippen MR) is 49.1 cm³/mol. The van der Waals surface area contributed by atoms with E-state index < -0.39 is 0 Å². The molecule has 0 aromatic carbocycles. The van der Waals surface area contributed by atoms with E-state index in [0.717, 1.165) is 13.0 Å². The van der Waals surface area contributed by atoms with Crippen molar-refractivity contribution >= 4 is 5.82 Å². The van der Waals surface area contributed by atoms with Gasteiger partial charge in [-0.05, 0) is 6.42 Å². The number of hydrogen-bond donors (Lipinski definition) is 1. The average molecular weight is 186 g/mol. The Hall–Kier alpha value is -1.23. The second kappa shape index (κ2) is 4.71. The highest BCUT2D eigenvalue weighted by atomic mass is 16.5. The summed E-state index contributed by atoms with van der Waals surface area (Å²) in [6, 6.07) is 1.42. The van der Waals surface area contributed by atoms with Crippen molar-refractivity contribution in [3.8, 4) is 0 Å². The fourth-order valence-electron chi connectivity index (χ4n) is 1.03. The van der Waals surface area contributed by atoms with Gasteiger partial charge in [0.15, 0.2) is 0 Å². The van der Waals surface area contributed by atoms with Gasteiger partial charge < -0.3 is 14.2 Å². The first-order valence-electron chi connectivity index (χ1n) is 4.12. The molecule has 0 saturated carbocycles. The van der Waals surface area contributed by atoms with Crippen LogP contribution in [0.1, 0.15) is 6.42 Å². The minimum absolute atomic E-state index is 0.353. The highest BCUT2D eigenvalue weighted by Gasteiger charge is 2.03. The number of rotatable bonds is 5. The summed E-state index contributed by atoms with van der Waals surface area (Å²) < 4.78 is 9.45. The summed E-state index contributed by atoms with van der Waals surface area (Å²) in [5, 5.41) is 2.53. The van der Waals surface area contributed by atoms with Crippen LogP contribution < -0.4 is 10.5 Å². The van der Waals surface area contributed by atoms with Gasteiger partial charge in [0.25, 0.3) is 0 Å². The molecule has 1 aromatic rings. The lowest BCUT2D eigenvalue weighted by atomic mass is 10.4. The van der Waals surface area contributed by atoms with Crippen molar-refractivity contribution in [3.05, 3.63) is 16.5 Å². The van der Waals surface area contributed by atoms with Crippen molar-refractivity contribution in [1.29, 1.82) is 0 Å². The molecular formula is C8H14N2O3. The maximum absolute atomic E-state index is 10.7. The van der Waals surface area contributed by atoms with Crippen LogP contribution in [0.2, 0.25) is 0 Å². The van der Waals surface area contributed by atoms with E-state index in [-0.39, 0.29) is 5.63 Å². The molecule has 1 rings (SSSR count). The van der Waals surface area contributed by atoms with Gasteiger partial charge in [-0.2, -0.15) is 0 Å². The molecule has 74 valence electrons. The van der Waals surface area contributed by atoms with Gasteiger partial charge in [-0.3, -0.25) is 0 Å². The Labute approximate surface area is 76.3 Å². The van der Waals surface area contributed by atoms with Crippen molar-refractivity contribution in [2.45, 2.75) is 6.42 Å². The third kappa shape index (κ3) is 2.95. The molecule has 0 fully saturated rings. The molecule has 5 nitrogen and oxygen atoms in total. The Kier molecular flexibility index (Phi) is 3.57. The van der Waals surface area contributed by atoms with Crippen LogP contribution in [0.15, 0.2) is 15.4 Å². The smallest absolute Gasteiger partial charge is 0.359 e. The first kappa shape index (κ1) is 9.85. The number of aromatic nitrogens is 1. The van der Waals surface area contributed by atoms with Crippen LogP contribution >= 0.6 is 0 Å². The summed E-state index contributed by atoms with van der Waals surface area (Å²) in [5.74, 6) is 0.695. The lowest BCUT2D eigenvalue weighted by Crippen LogP contribution is -2.20. The number of ether oxygens (including phenoxy) is 1. The molecular weight excluding hydrogens is 172 g/mol. The topological polar surface area (TPSA) is 58.5 Å². The van der Waals surface area contributed by atoms with E-state index in [4.69, 9.17) is 4.74 Å². The molecule has 0 aliphatic heterocycles. The molecule has 0 spiro atoms. The van der Waals surface area contributed by atoms with E-state index >= 15 is 0 Å². The summed E-state index contributed by atoms with van der Waals surface area (Å²) in [6.45, 7) is 1.54. The molecule has 0 radical (unpaired) electrons. The first-order chi connectivity index (χ1) is 6.24. The van der Waals surface area contributed by atoms with Gasteiger partial charge in [0.2, 0.25) is 0 Å². The zero-order valence-corrected chi connectivity index (χ0v) is 7.87. The number of hydrogen-bond acceptors (Lipinski definition) is 4. The summed E-state index contributed by atoms with van der Waals surface area (Å²) in [5.41, 5.74) is -0.353. The number of nitrogens with zero attached hydrogens (tertiary/aromatic N) is 1. The molecule has 1 aromatic heterocycles. The Balaban J connectivity index is 2.39. The zero-order valence-electron chi connectivity index (χ0n) is 7.87. The number of aromatic amines is 1. The molecule has 0 saturated heterocycles. The molecule has 0 amide bonds. The minimum Gasteiger partial charge on any atom is -0.385 e. The third-order valence-electron chi connectivity index (χ3n) is 1.76. The van der Waals surface area contributed by atoms with Crippen molar-refractivity contribution in [1.82, 2.24) is 5.16 Å². The quantitative estimate of drug-likeness (QED) is 0.678. The van der Waals surface area contributed by atoms with Crippen molar-refractivity contribution in [3.63, 3.8) is 0 Å². The molecule has 0 unspecified atom stereocenters. The van der Waals surface area contributed by atoms with Gasteiger partial charge >= 0.3 is 5.63 Å². The molecule has 1 heterocycles. The average Bonchev–Trinajstić information content (AvgIpc) is 2.52. The molecule has 0 atom stereocenters. The number of anilines is 1. The third-order valence-corrected chi connectivity index (χ3v) is 1.76. The lowest BCUT2D eigenvalue weighted by Gasteiger charge is -2.14. The van der Waals surface area contributed by atoms with E-state index in [9.17, 15) is 4.79 Å². The van der Waals surface area contributed by atoms with Gasteiger partial charge in [-0.1, -0.05) is 0 Å². The molecule has 0 aliphatic rings. The Morgan fingerprint density at radius 2 is 2.46 bits per heavy atom. The maximum atomic E-state index is 10.7.